The Kier molecular flexibility index (Phi) is 5.10. The molecule has 0 spiro atoms. The molecule has 1 aromatic carbocycles. The summed E-state index contributed by atoms with van der Waals surface area (Å²) in [5, 5.41) is 10.7. The molecule has 0 aliphatic heterocycles. The van der Waals surface area contributed by atoms with Crippen LogP contribution in [0, 0.1) is 0 Å². The Balaban J connectivity index is 1.53. The number of nitrogens with zero attached hydrogens (tertiary/aromatic N) is 3. The van der Waals surface area contributed by atoms with E-state index in [0.717, 1.165) is 0 Å². The molecular formula is C17H18N4O4. The van der Waals surface area contributed by atoms with Crippen molar-refractivity contribution in [1.29, 1.82) is 0 Å². The van der Waals surface area contributed by atoms with Gasteiger partial charge in [0, 0.05) is 11.8 Å². The first-order valence-corrected chi connectivity index (χ1v) is 7.63. The molecule has 0 saturated heterocycles. The number of rotatable bonds is 7. The van der Waals surface area contributed by atoms with Gasteiger partial charge in [-0.3, -0.25) is 9.69 Å². The van der Waals surface area contributed by atoms with E-state index in [1.54, 1.807) is 43.3 Å². The average molecular weight is 342 g/mol. The van der Waals surface area contributed by atoms with Crippen molar-refractivity contribution >= 4 is 11.6 Å². The zero-order valence-electron chi connectivity index (χ0n) is 13.9. The standard InChI is InChI=1S/C17H18N4O4/c1-21(10-15(22)18-12-5-3-6-13(9-12)23-2)11-16-19-20-17(25-16)14-7-4-8-24-14/h3-9H,10-11H2,1-2H3,(H,18,22). The highest BCUT2D eigenvalue weighted by Crippen LogP contribution is 2.19. The molecule has 1 amide bonds. The number of hydrogen-bond donors (Lipinski definition) is 1. The number of furan rings is 1. The van der Waals surface area contributed by atoms with Gasteiger partial charge in [0.1, 0.15) is 5.75 Å². The van der Waals surface area contributed by atoms with E-state index in [0.29, 0.717) is 35.5 Å². The van der Waals surface area contributed by atoms with Crippen molar-refractivity contribution in [3.8, 4) is 17.4 Å². The van der Waals surface area contributed by atoms with Gasteiger partial charge in [-0.1, -0.05) is 6.07 Å². The normalized spacial score (nSPS) is 10.8. The van der Waals surface area contributed by atoms with Gasteiger partial charge in [-0.25, -0.2) is 0 Å². The molecule has 0 bridgehead atoms. The van der Waals surface area contributed by atoms with Crippen molar-refractivity contribution in [3.05, 3.63) is 48.6 Å². The van der Waals surface area contributed by atoms with Crippen LogP contribution in [0.15, 0.2) is 51.5 Å². The molecule has 8 heteroatoms. The Morgan fingerprint density at radius 2 is 2.16 bits per heavy atom. The first-order valence-electron chi connectivity index (χ1n) is 7.63. The summed E-state index contributed by atoms with van der Waals surface area (Å²) < 4.78 is 15.9. The highest BCUT2D eigenvalue weighted by Gasteiger charge is 2.14. The monoisotopic (exact) mass is 342 g/mol. The molecule has 130 valence electrons. The van der Waals surface area contributed by atoms with Crippen LogP contribution >= 0.6 is 0 Å². The van der Waals surface area contributed by atoms with Crippen LogP contribution in [0.3, 0.4) is 0 Å². The number of carbonyl (C=O) groups excluding carboxylic acids is 1. The van der Waals surface area contributed by atoms with E-state index >= 15 is 0 Å². The fourth-order valence-corrected chi connectivity index (χ4v) is 2.25. The Bertz CT molecular complexity index is 829. The number of hydrogen-bond acceptors (Lipinski definition) is 7. The van der Waals surface area contributed by atoms with Crippen molar-refractivity contribution in [2.45, 2.75) is 6.54 Å². The molecule has 2 aromatic heterocycles. The summed E-state index contributed by atoms with van der Waals surface area (Å²) in [6, 6.07) is 10.7. The van der Waals surface area contributed by atoms with Gasteiger partial charge in [0.15, 0.2) is 5.76 Å². The summed E-state index contributed by atoms with van der Waals surface area (Å²) in [6.07, 6.45) is 1.54. The van der Waals surface area contributed by atoms with E-state index < -0.39 is 0 Å². The quantitative estimate of drug-likeness (QED) is 0.704. The zero-order valence-corrected chi connectivity index (χ0v) is 13.9. The van der Waals surface area contributed by atoms with Crippen LogP contribution in [0.1, 0.15) is 5.89 Å². The molecule has 0 aliphatic rings. The molecule has 0 fully saturated rings. The minimum atomic E-state index is -0.151. The molecule has 3 rings (SSSR count). The number of carbonyl (C=O) groups is 1. The lowest BCUT2D eigenvalue weighted by molar-refractivity contribution is -0.117. The predicted molar refractivity (Wildman–Crippen MR) is 90.0 cm³/mol. The Morgan fingerprint density at radius 1 is 1.28 bits per heavy atom. The first-order chi connectivity index (χ1) is 12.1. The number of ether oxygens (including phenoxy) is 1. The van der Waals surface area contributed by atoms with Crippen LogP contribution in [0.2, 0.25) is 0 Å². The molecule has 0 radical (unpaired) electrons. The maximum Gasteiger partial charge on any atom is 0.283 e. The molecular weight excluding hydrogens is 324 g/mol. The molecule has 0 unspecified atom stereocenters. The predicted octanol–water partition coefficient (Wildman–Crippen LogP) is 2.41. The number of nitrogens with one attached hydrogen (secondary N) is 1. The SMILES string of the molecule is COc1cccc(NC(=O)CN(C)Cc2nnc(-c3ccco3)o2)c1. The molecule has 0 atom stereocenters. The third kappa shape index (κ3) is 4.45. The third-order valence-corrected chi connectivity index (χ3v) is 3.37. The first kappa shape index (κ1) is 16.7. The number of methoxy groups -OCH3 is 1. The van der Waals surface area contributed by atoms with E-state index in [1.807, 2.05) is 12.1 Å². The Labute approximate surface area is 144 Å². The van der Waals surface area contributed by atoms with Gasteiger partial charge in [-0.05, 0) is 31.3 Å². The van der Waals surface area contributed by atoms with Crippen LogP contribution in [-0.4, -0.2) is 41.7 Å². The van der Waals surface area contributed by atoms with Crippen LogP contribution in [0.5, 0.6) is 5.75 Å². The van der Waals surface area contributed by atoms with Gasteiger partial charge < -0.3 is 18.9 Å². The summed E-state index contributed by atoms with van der Waals surface area (Å²) in [5.41, 5.74) is 0.677. The van der Waals surface area contributed by atoms with Crippen molar-refractivity contribution < 1.29 is 18.4 Å². The minimum Gasteiger partial charge on any atom is -0.497 e. The van der Waals surface area contributed by atoms with Gasteiger partial charge in [0.2, 0.25) is 11.8 Å². The van der Waals surface area contributed by atoms with Gasteiger partial charge in [-0.15, -0.1) is 10.2 Å². The lowest BCUT2D eigenvalue weighted by Gasteiger charge is -2.14. The highest BCUT2D eigenvalue weighted by atomic mass is 16.5. The number of likely N-dealkylation sites (N-methyl/N-ethyl adjacent to an activating group) is 1. The van der Waals surface area contributed by atoms with E-state index in [2.05, 4.69) is 15.5 Å². The Morgan fingerprint density at radius 3 is 2.92 bits per heavy atom. The fourth-order valence-electron chi connectivity index (χ4n) is 2.25. The van der Waals surface area contributed by atoms with Crippen molar-refractivity contribution in [2.24, 2.45) is 0 Å². The number of benzene rings is 1. The van der Waals surface area contributed by atoms with E-state index in [4.69, 9.17) is 13.6 Å². The summed E-state index contributed by atoms with van der Waals surface area (Å²) in [6.45, 7) is 0.523. The zero-order chi connectivity index (χ0) is 17.6. The molecule has 0 saturated carbocycles. The van der Waals surface area contributed by atoms with Crippen LogP contribution in [-0.2, 0) is 11.3 Å². The third-order valence-electron chi connectivity index (χ3n) is 3.37. The molecule has 1 N–H and O–H groups in total. The van der Waals surface area contributed by atoms with E-state index in [9.17, 15) is 4.79 Å². The fraction of sp³-hybridized carbons (Fsp3) is 0.235. The smallest absolute Gasteiger partial charge is 0.283 e. The van der Waals surface area contributed by atoms with Crippen molar-refractivity contribution in [3.63, 3.8) is 0 Å². The summed E-state index contributed by atoms with van der Waals surface area (Å²) >= 11 is 0. The van der Waals surface area contributed by atoms with Crippen LogP contribution in [0.4, 0.5) is 5.69 Å². The van der Waals surface area contributed by atoms with Gasteiger partial charge in [-0.2, -0.15) is 0 Å². The number of aromatic nitrogens is 2. The van der Waals surface area contributed by atoms with Crippen LogP contribution in [0.25, 0.3) is 11.7 Å². The van der Waals surface area contributed by atoms with Crippen molar-refractivity contribution in [1.82, 2.24) is 15.1 Å². The van der Waals surface area contributed by atoms with Crippen LogP contribution < -0.4 is 10.1 Å². The maximum absolute atomic E-state index is 12.1. The summed E-state index contributed by atoms with van der Waals surface area (Å²) in [4.78, 5) is 13.9. The maximum atomic E-state index is 12.1. The number of anilines is 1. The van der Waals surface area contributed by atoms with E-state index in [-0.39, 0.29) is 12.5 Å². The van der Waals surface area contributed by atoms with Gasteiger partial charge in [0.25, 0.3) is 5.89 Å². The second kappa shape index (κ2) is 7.63. The average Bonchev–Trinajstić information content (AvgIpc) is 3.26. The van der Waals surface area contributed by atoms with Gasteiger partial charge in [0.05, 0.1) is 26.5 Å². The molecule has 3 aromatic rings. The molecule has 25 heavy (non-hydrogen) atoms. The molecule has 8 nitrogen and oxygen atoms in total. The topological polar surface area (TPSA) is 93.6 Å². The van der Waals surface area contributed by atoms with Crippen molar-refractivity contribution in [2.75, 3.05) is 26.0 Å². The lowest BCUT2D eigenvalue weighted by Crippen LogP contribution is -2.29. The molecule has 2 heterocycles. The summed E-state index contributed by atoms with van der Waals surface area (Å²) in [5.74, 6) is 1.76. The largest absolute Gasteiger partial charge is 0.497 e. The minimum absolute atomic E-state index is 0.151. The lowest BCUT2D eigenvalue weighted by atomic mass is 10.3. The number of amides is 1. The van der Waals surface area contributed by atoms with E-state index in [1.165, 1.54) is 6.26 Å². The second-order valence-electron chi connectivity index (χ2n) is 5.43. The molecule has 0 aliphatic carbocycles. The van der Waals surface area contributed by atoms with Gasteiger partial charge >= 0.3 is 0 Å². The highest BCUT2D eigenvalue weighted by molar-refractivity contribution is 5.92. The summed E-state index contributed by atoms with van der Waals surface area (Å²) in [7, 11) is 3.37. The second-order valence-corrected chi connectivity index (χ2v) is 5.43. The Hall–Kier alpha value is -3.13.